The van der Waals surface area contributed by atoms with Gasteiger partial charge in [-0.25, -0.2) is 0 Å². The second-order valence-corrected chi connectivity index (χ2v) is 4.56. The van der Waals surface area contributed by atoms with Crippen LogP contribution in [0.4, 0.5) is 0 Å². The maximum Gasteiger partial charge on any atom is 0.149 e. The lowest BCUT2D eigenvalue weighted by atomic mass is 10.1. The minimum absolute atomic E-state index is 0.105. The summed E-state index contributed by atoms with van der Waals surface area (Å²) in [6.07, 6.45) is 0. The van der Waals surface area contributed by atoms with E-state index in [1.165, 1.54) is 0 Å². The molecule has 1 aromatic rings. The Morgan fingerprint density at radius 1 is 1.44 bits per heavy atom. The SMILES string of the molecule is Cc1cccc(CN(C)CC(=O)C(C)C)n1. The van der Waals surface area contributed by atoms with E-state index >= 15 is 0 Å². The summed E-state index contributed by atoms with van der Waals surface area (Å²) in [5.74, 6) is 0.378. The fourth-order valence-corrected chi connectivity index (χ4v) is 1.47. The molecule has 0 radical (unpaired) electrons. The predicted octanol–water partition coefficient (Wildman–Crippen LogP) is 2.05. The first-order valence-electron chi connectivity index (χ1n) is 5.63. The number of ketones is 1. The third-order valence-electron chi connectivity index (χ3n) is 2.45. The van der Waals surface area contributed by atoms with Crippen LogP contribution < -0.4 is 0 Å². The molecule has 0 aliphatic heterocycles. The van der Waals surface area contributed by atoms with Crippen molar-refractivity contribution in [3.63, 3.8) is 0 Å². The molecule has 0 fully saturated rings. The van der Waals surface area contributed by atoms with Gasteiger partial charge in [-0.05, 0) is 26.1 Å². The molecule has 0 aliphatic carbocycles. The summed E-state index contributed by atoms with van der Waals surface area (Å²) in [6.45, 7) is 7.05. The van der Waals surface area contributed by atoms with Crippen molar-refractivity contribution in [2.75, 3.05) is 13.6 Å². The van der Waals surface area contributed by atoms with Crippen LogP contribution in [0.5, 0.6) is 0 Å². The Labute approximate surface area is 97.5 Å². The fourth-order valence-electron chi connectivity index (χ4n) is 1.47. The highest BCUT2D eigenvalue weighted by Crippen LogP contribution is 2.03. The van der Waals surface area contributed by atoms with Gasteiger partial charge in [0.2, 0.25) is 0 Å². The van der Waals surface area contributed by atoms with E-state index in [-0.39, 0.29) is 11.7 Å². The van der Waals surface area contributed by atoms with Crippen molar-refractivity contribution in [2.45, 2.75) is 27.3 Å². The van der Waals surface area contributed by atoms with Gasteiger partial charge < -0.3 is 0 Å². The van der Waals surface area contributed by atoms with E-state index < -0.39 is 0 Å². The van der Waals surface area contributed by atoms with Crippen LogP contribution in [0.2, 0.25) is 0 Å². The van der Waals surface area contributed by atoms with E-state index in [0.717, 1.165) is 17.9 Å². The highest BCUT2D eigenvalue weighted by atomic mass is 16.1. The van der Waals surface area contributed by atoms with Crippen LogP contribution in [0.15, 0.2) is 18.2 Å². The molecule has 0 saturated heterocycles. The Kier molecular flexibility index (Phi) is 4.62. The van der Waals surface area contributed by atoms with Gasteiger partial charge in [0, 0.05) is 18.2 Å². The maximum absolute atomic E-state index is 11.5. The number of Topliss-reactive ketones (excluding diaryl/α,β-unsaturated/α-hetero) is 1. The first-order chi connectivity index (χ1) is 7.49. The van der Waals surface area contributed by atoms with Crippen LogP contribution in [0.3, 0.4) is 0 Å². The van der Waals surface area contributed by atoms with Crippen LogP contribution in [-0.4, -0.2) is 29.3 Å². The van der Waals surface area contributed by atoms with Gasteiger partial charge in [-0.3, -0.25) is 14.7 Å². The smallest absolute Gasteiger partial charge is 0.149 e. The molecule has 0 N–H and O–H groups in total. The molecule has 0 aromatic carbocycles. The Morgan fingerprint density at radius 2 is 2.12 bits per heavy atom. The number of aromatic nitrogens is 1. The van der Waals surface area contributed by atoms with Crippen molar-refractivity contribution in [1.29, 1.82) is 0 Å². The average Bonchev–Trinajstić information content (AvgIpc) is 2.16. The Morgan fingerprint density at radius 3 is 2.69 bits per heavy atom. The van der Waals surface area contributed by atoms with Gasteiger partial charge in [0.25, 0.3) is 0 Å². The van der Waals surface area contributed by atoms with Crippen molar-refractivity contribution in [2.24, 2.45) is 5.92 Å². The summed E-state index contributed by atoms with van der Waals surface area (Å²) in [5, 5.41) is 0. The molecule has 16 heavy (non-hydrogen) atoms. The number of nitrogens with zero attached hydrogens (tertiary/aromatic N) is 2. The summed E-state index contributed by atoms with van der Waals surface area (Å²) >= 11 is 0. The van der Waals surface area contributed by atoms with Crippen molar-refractivity contribution < 1.29 is 4.79 Å². The molecule has 3 nitrogen and oxygen atoms in total. The van der Waals surface area contributed by atoms with E-state index in [4.69, 9.17) is 0 Å². The van der Waals surface area contributed by atoms with Gasteiger partial charge in [0.15, 0.2) is 0 Å². The molecule has 0 aliphatic rings. The monoisotopic (exact) mass is 220 g/mol. The summed E-state index contributed by atoms with van der Waals surface area (Å²) in [4.78, 5) is 18.0. The third kappa shape index (κ3) is 4.11. The lowest BCUT2D eigenvalue weighted by Crippen LogP contribution is -2.28. The van der Waals surface area contributed by atoms with Crippen LogP contribution in [-0.2, 0) is 11.3 Å². The number of likely N-dealkylation sites (N-methyl/N-ethyl adjacent to an activating group) is 1. The standard InChI is InChI=1S/C13H20N2O/c1-10(2)13(16)9-15(4)8-12-7-5-6-11(3)14-12/h5-7,10H,8-9H2,1-4H3. The first-order valence-corrected chi connectivity index (χ1v) is 5.63. The summed E-state index contributed by atoms with van der Waals surface area (Å²) in [7, 11) is 1.95. The molecule has 88 valence electrons. The van der Waals surface area contributed by atoms with Crippen LogP contribution in [0.25, 0.3) is 0 Å². The summed E-state index contributed by atoms with van der Waals surface area (Å²) in [5.41, 5.74) is 2.03. The molecular weight excluding hydrogens is 200 g/mol. The third-order valence-corrected chi connectivity index (χ3v) is 2.45. The molecule has 1 heterocycles. The number of rotatable bonds is 5. The largest absolute Gasteiger partial charge is 0.298 e. The maximum atomic E-state index is 11.5. The van der Waals surface area contributed by atoms with Gasteiger partial charge in [-0.1, -0.05) is 19.9 Å². The van der Waals surface area contributed by atoms with Gasteiger partial charge in [0.1, 0.15) is 5.78 Å². The zero-order valence-electron chi connectivity index (χ0n) is 10.5. The highest BCUT2D eigenvalue weighted by molar-refractivity contribution is 5.82. The van der Waals surface area contributed by atoms with E-state index in [1.807, 2.05) is 50.9 Å². The van der Waals surface area contributed by atoms with Gasteiger partial charge in [0.05, 0.1) is 12.2 Å². The molecule has 0 unspecified atom stereocenters. The molecule has 1 rings (SSSR count). The van der Waals surface area contributed by atoms with E-state index in [2.05, 4.69) is 4.98 Å². The number of carbonyl (C=O) groups excluding carboxylic acids is 1. The number of hydrogen-bond acceptors (Lipinski definition) is 3. The topological polar surface area (TPSA) is 33.2 Å². The molecule has 0 spiro atoms. The lowest BCUT2D eigenvalue weighted by molar-refractivity contribution is -0.122. The lowest BCUT2D eigenvalue weighted by Gasteiger charge is -2.16. The molecule has 0 atom stereocenters. The number of carbonyl (C=O) groups is 1. The van der Waals surface area contributed by atoms with Crippen molar-refractivity contribution in [3.8, 4) is 0 Å². The zero-order chi connectivity index (χ0) is 12.1. The minimum Gasteiger partial charge on any atom is -0.298 e. The predicted molar refractivity (Wildman–Crippen MR) is 65.2 cm³/mol. The fraction of sp³-hybridized carbons (Fsp3) is 0.538. The number of aryl methyl sites for hydroxylation is 1. The average molecular weight is 220 g/mol. The number of pyridine rings is 1. The second-order valence-electron chi connectivity index (χ2n) is 4.56. The first kappa shape index (κ1) is 12.8. The van der Waals surface area contributed by atoms with Crippen molar-refractivity contribution in [3.05, 3.63) is 29.6 Å². The van der Waals surface area contributed by atoms with Crippen molar-refractivity contribution in [1.82, 2.24) is 9.88 Å². The molecule has 0 saturated carbocycles. The molecule has 1 aromatic heterocycles. The highest BCUT2D eigenvalue weighted by Gasteiger charge is 2.10. The minimum atomic E-state index is 0.105. The molecule has 3 heteroatoms. The van der Waals surface area contributed by atoms with E-state index in [0.29, 0.717) is 6.54 Å². The normalized spacial score (nSPS) is 11.1. The number of hydrogen-bond donors (Lipinski definition) is 0. The zero-order valence-corrected chi connectivity index (χ0v) is 10.5. The second kappa shape index (κ2) is 5.75. The van der Waals surface area contributed by atoms with E-state index in [1.54, 1.807) is 0 Å². The molecular formula is C13H20N2O. The molecule has 0 bridgehead atoms. The summed E-state index contributed by atoms with van der Waals surface area (Å²) in [6, 6.07) is 5.96. The molecule has 0 amide bonds. The van der Waals surface area contributed by atoms with Crippen LogP contribution >= 0.6 is 0 Å². The van der Waals surface area contributed by atoms with Crippen molar-refractivity contribution >= 4 is 5.78 Å². The van der Waals surface area contributed by atoms with Gasteiger partial charge >= 0.3 is 0 Å². The van der Waals surface area contributed by atoms with E-state index in [9.17, 15) is 4.79 Å². The quantitative estimate of drug-likeness (QED) is 0.761. The van der Waals surface area contributed by atoms with Gasteiger partial charge in [-0.15, -0.1) is 0 Å². The Balaban J connectivity index is 2.51. The summed E-state index contributed by atoms with van der Waals surface area (Å²) < 4.78 is 0. The van der Waals surface area contributed by atoms with Crippen LogP contribution in [0, 0.1) is 12.8 Å². The van der Waals surface area contributed by atoms with Crippen LogP contribution in [0.1, 0.15) is 25.2 Å². The Hall–Kier alpha value is -1.22. The van der Waals surface area contributed by atoms with Gasteiger partial charge in [-0.2, -0.15) is 0 Å². The Bertz CT molecular complexity index is 361.